The van der Waals surface area contributed by atoms with Gasteiger partial charge in [-0.15, -0.1) is 0 Å². The molecule has 0 saturated heterocycles. The molecule has 1 atom stereocenters. The number of methoxy groups -OCH3 is 1. The van der Waals surface area contributed by atoms with Crippen LogP contribution in [0.4, 0.5) is 11.4 Å². The molecule has 2 amide bonds. The molecule has 0 aliphatic carbocycles. The molecule has 0 saturated carbocycles. The Morgan fingerprint density at radius 3 is 2.13 bits per heavy atom. The van der Waals surface area contributed by atoms with Gasteiger partial charge in [0.1, 0.15) is 11.8 Å². The first-order valence-electron chi connectivity index (χ1n) is 9.38. The predicted molar refractivity (Wildman–Crippen MR) is 117 cm³/mol. The summed E-state index contributed by atoms with van der Waals surface area (Å²) >= 11 is 0. The van der Waals surface area contributed by atoms with E-state index in [1.54, 1.807) is 48.5 Å². The van der Waals surface area contributed by atoms with Gasteiger partial charge >= 0.3 is 0 Å². The van der Waals surface area contributed by atoms with E-state index < -0.39 is 22.0 Å². The number of sulfonamides is 1. The average Bonchev–Trinajstić information content (AvgIpc) is 2.67. The summed E-state index contributed by atoms with van der Waals surface area (Å²) in [5, 5.41) is 5.46. The summed E-state index contributed by atoms with van der Waals surface area (Å²) in [6.07, 6.45) is 1.03. The summed E-state index contributed by atoms with van der Waals surface area (Å²) in [4.78, 5) is 25.3. The number of anilines is 2. The van der Waals surface area contributed by atoms with Crippen molar-refractivity contribution in [2.75, 3.05) is 23.0 Å². The quantitative estimate of drug-likeness (QED) is 0.666. The molecule has 0 radical (unpaired) electrons. The number of carbonyl (C=O) groups excluding carboxylic acids is 2. The number of nitrogens with zero attached hydrogens (tertiary/aromatic N) is 1. The van der Waals surface area contributed by atoms with E-state index in [1.807, 2.05) is 13.8 Å². The van der Waals surface area contributed by atoms with Gasteiger partial charge in [0.25, 0.3) is 5.91 Å². The second-order valence-corrected chi connectivity index (χ2v) is 8.96. The Morgan fingerprint density at radius 2 is 1.60 bits per heavy atom. The molecule has 162 valence electrons. The summed E-state index contributed by atoms with van der Waals surface area (Å²) in [7, 11) is -2.26. The Kier molecular flexibility index (Phi) is 7.44. The van der Waals surface area contributed by atoms with Crippen molar-refractivity contribution in [3.8, 4) is 5.75 Å². The number of amides is 2. The van der Waals surface area contributed by atoms with Gasteiger partial charge in [0.05, 0.1) is 30.3 Å². The Labute approximate surface area is 177 Å². The number of hydrogen-bond donors (Lipinski definition) is 2. The van der Waals surface area contributed by atoms with Gasteiger partial charge in [-0.25, -0.2) is 8.42 Å². The molecule has 0 fully saturated rings. The lowest BCUT2D eigenvalue weighted by molar-refractivity contribution is -0.116. The number of rotatable bonds is 8. The van der Waals surface area contributed by atoms with Crippen molar-refractivity contribution in [3.05, 3.63) is 54.1 Å². The number of para-hydroxylation sites is 1. The molecule has 0 aromatic heterocycles. The van der Waals surface area contributed by atoms with Crippen LogP contribution in [0.2, 0.25) is 0 Å². The smallest absolute Gasteiger partial charge is 0.253 e. The molecule has 8 nitrogen and oxygen atoms in total. The van der Waals surface area contributed by atoms with Crippen molar-refractivity contribution in [1.82, 2.24) is 5.32 Å². The van der Waals surface area contributed by atoms with Crippen LogP contribution in [-0.2, 0) is 14.8 Å². The van der Waals surface area contributed by atoms with Gasteiger partial charge in [0.2, 0.25) is 15.9 Å². The molecule has 0 unspecified atom stereocenters. The van der Waals surface area contributed by atoms with E-state index in [0.29, 0.717) is 22.7 Å². The van der Waals surface area contributed by atoms with E-state index in [2.05, 4.69) is 10.6 Å². The third-order valence-corrected chi connectivity index (χ3v) is 5.51. The van der Waals surface area contributed by atoms with E-state index in [-0.39, 0.29) is 11.9 Å². The zero-order chi connectivity index (χ0) is 22.5. The molecule has 0 bridgehead atoms. The normalized spacial score (nSPS) is 12.2. The zero-order valence-corrected chi connectivity index (χ0v) is 18.5. The minimum atomic E-state index is -3.76. The van der Waals surface area contributed by atoms with Crippen LogP contribution in [0.1, 0.15) is 31.1 Å². The number of hydrogen-bond acceptors (Lipinski definition) is 5. The molecular weight excluding hydrogens is 406 g/mol. The third-order valence-electron chi connectivity index (χ3n) is 4.26. The maximum atomic E-state index is 12.9. The lowest BCUT2D eigenvalue weighted by Crippen LogP contribution is -2.45. The highest BCUT2D eigenvalue weighted by molar-refractivity contribution is 7.92. The molecule has 9 heteroatoms. The van der Waals surface area contributed by atoms with Gasteiger partial charge < -0.3 is 15.4 Å². The fourth-order valence-corrected chi connectivity index (χ4v) is 4.08. The van der Waals surface area contributed by atoms with Gasteiger partial charge in [-0.2, -0.15) is 0 Å². The molecule has 30 heavy (non-hydrogen) atoms. The van der Waals surface area contributed by atoms with Crippen LogP contribution in [0.15, 0.2) is 48.5 Å². The van der Waals surface area contributed by atoms with Crippen molar-refractivity contribution >= 4 is 33.2 Å². The van der Waals surface area contributed by atoms with Crippen LogP contribution in [0.5, 0.6) is 5.75 Å². The number of carbonyl (C=O) groups is 2. The van der Waals surface area contributed by atoms with Gasteiger partial charge in [-0.05, 0) is 57.2 Å². The first-order chi connectivity index (χ1) is 14.0. The van der Waals surface area contributed by atoms with Crippen LogP contribution in [0.3, 0.4) is 0 Å². The van der Waals surface area contributed by atoms with Crippen LogP contribution < -0.4 is 19.7 Å². The lowest BCUT2D eigenvalue weighted by atomic mass is 10.1. The van der Waals surface area contributed by atoms with Gasteiger partial charge in [-0.3, -0.25) is 13.9 Å². The summed E-state index contributed by atoms with van der Waals surface area (Å²) in [5.41, 5.74) is 0.921. The van der Waals surface area contributed by atoms with E-state index in [0.717, 1.165) is 10.6 Å². The van der Waals surface area contributed by atoms with Crippen molar-refractivity contribution in [3.63, 3.8) is 0 Å². The first kappa shape index (κ1) is 23.2. The Hall–Kier alpha value is -3.07. The highest BCUT2D eigenvalue weighted by Gasteiger charge is 2.29. The van der Waals surface area contributed by atoms with Crippen LogP contribution in [0, 0.1) is 0 Å². The Balaban J connectivity index is 2.31. The van der Waals surface area contributed by atoms with Crippen molar-refractivity contribution < 1.29 is 22.7 Å². The Bertz CT molecular complexity index is 1000. The molecule has 2 aromatic rings. The highest BCUT2D eigenvalue weighted by atomic mass is 32.2. The average molecular weight is 434 g/mol. The van der Waals surface area contributed by atoms with Crippen LogP contribution in [0.25, 0.3) is 0 Å². The minimum absolute atomic E-state index is 0.0732. The molecule has 0 aliphatic heterocycles. The van der Waals surface area contributed by atoms with E-state index in [9.17, 15) is 18.0 Å². The van der Waals surface area contributed by atoms with E-state index in [1.165, 1.54) is 14.0 Å². The SMILES string of the molecule is COc1ccc(N([C@H](C)C(=O)Nc2ccccc2C(=O)NC(C)C)S(C)(=O)=O)cc1. The van der Waals surface area contributed by atoms with Gasteiger partial charge in [0, 0.05) is 6.04 Å². The standard InChI is InChI=1S/C21H27N3O5S/c1-14(2)22-21(26)18-8-6-7-9-19(18)23-20(25)15(3)24(30(5,27)28)16-10-12-17(29-4)13-11-16/h6-15H,1-5H3,(H,22,26)(H,23,25)/t15-/m1/s1. The van der Waals surface area contributed by atoms with E-state index in [4.69, 9.17) is 4.74 Å². The summed E-state index contributed by atoms with van der Waals surface area (Å²) < 4.78 is 31.0. The minimum Gasteiger partial charge on any atom is -0.497 e. The second-order valence-electron chi connectivity index (χ2n) is 7.10. The maximum Gasteiger partial charge on any atom is 0.253 e. The number of benzene rings is 2. The fourth-order valence-electron chi connectivity index (χ4n) is 2.91. The summed E-state index contributed by atoms with van der Waals surface area (Å²) in [6, 6.07) is 11.8. The van der Waals surface area contributed by atoms with Crippen LogP contribution in [-0.4, -0.2) is 45.7 Å². The summed E-state index contributed by atoms with van der Waals surface area (Å²) in [5.74, 6) is -0.334. The third kappa shape index (κ3) is 5.73. The predicted octanol–water partition coefficient (Wildman–Crippen LogP) is 2.63. The largest absolute Gasteiger partial charge is 0.497 e. The fraction of sp³-hybridized carbons (Fsp3) is 0.333. The second kappa shape index (κ2) is 9.62. The first-order valence-corrected chi connectivity index (χ1v) is 11.2. The van der Waals surface area contributed by atoms with Crippen LogP contribution >= 0.6 is 0 Å². The monoisotopic (exact) mass is 433 g/mol. The Morgan fingerprint density at radius 1 is 1.00 bits per heavy atom. The molecule has 0 spiro atoms. The van der Waals surface area contributed by atoms with Crippen molar-refractivity contribution in [1.29, 1.82) is 0 Å². The van der Waals surface area contributed by atoms with Crippen molar-refractivity contribution in [2.45, 2.75) is 32.9 Å². The highest BCUT2D eigenvalue weighted by Crippen LogP contribution is 2.25. The van der Waals surface area contributed by atoms with Crippen molar-refractivity contribution in [2.24, 2.45) is 0 Å². The zero-order valence-electron chi connectivity index (χ0n) is 17.7. The van der Waals surface area contributed by atoms with E-state index >= 15 is 0 Å². The maximum absolute atomic E-state index is 12.9. The van der Waals surface area contributed by atoms with Gasteiger partial charge in [0.15, 0.2) is 0 Å². The molecule has 2 N–H and O–H groups in total. The van der Waals surface area contributed by atoms with Gasteiger partial charge in [-0.1, -0.05) is 12.1 Å². The summed E-state index contributed by atoms with van der Waals surface area (Å²) in [6.45, 7) is 5.15. The molecule has 0 heterocycles. The molecule has 2 aromatic carbocycles. The topological polar surface area (TPSA) is 105 Å². The number of ether oxygens (including phenoxy) is 1. The molecule has 0 aliphatic rings. The lowest BCUT2D eigenvalue weighted by Gasteiger charge is -2.28. The molecular formula is C21H27N3O5S. The number of nitrogens with one attached hydrogen (secondary N) is 2. The molecule has 2 rings (SSSR count).